The Morgan fingerprint density at radius 3 is 3.07 bits per heavy atom. The number of rotatable bonds is 5. The van der Waals surface area contributed by atoms with E-state index in [1.807, 2.05) is 12.2 Å². The number of H-pyrrole nitrogens is 1. The molecule has 0 amide bonds. The number of imidazole rings is 1. The van der Waals surface area contributed by atoms with E-state index in [0.29, 0.717) is 6.54 Å². The summed E-state index contributed by atoms with van der Waals surface area (Å²) in [7, 11) is 0. The highest BCUT2D eigenvalue weighted by Crippen LogP contribution is 2.09. The van der Waals surface area contributed by atoms with Gasteiger partial charge in [-0.2, -0.15) is 0 Å². The van der Waals surface area contributed by atoms with E-state index in [1.165, 1.54) is 0 Å². The van der Waals surface area contributed by atoms with Gasteiger partial charge < -0.3 is 10.7 Å². The second-order valence-corrected chi connectivity index (χ2v) is 2.92. The smallest absolute Gasteiger partial charge is 0.136 e. The van der Waals surface area contributed by atoms with Gasteiger partial charge in [0.15, 0.2) is 0 Å². The number of allylic oxidation sites excluding steroid dienone is 4. The van der Waals surface area contributed by atoms with Crippen LogP contribution in [0.4, 0.5) is 0 Å². The standard InChI is InChI=1S/C11H15N3/c1-3-4-5-9(2)11-13-8-10(14-11)6-7-12/h3-5,8H,1-2,6-7,12H2,(H,13,14)/b5-4-. The van der Waals surface area contributed by atoms with Crippen molar-refractivity contribution in [1.82, 2.24) is 9.97 Å². The van der Waals surface area contributed by atoms with Gasteiger partial charge in [0.1, 0.15) is 5.82 Å². The van der Waals surface area contributed by atoms with Gasteiger partial charge in [0.25, 0.3) is 0 Å². The molecular formula is C11H15N3. The molecule has 0 aromatic carbocycles. The molecule has 1 heterocycles. The molecule has 1 aromatic heterocycles. The van der Waals surface area contributed by atoms with E-state index in [4.69, 9.17) is 5.73 Å². The molecule has 3 N–H and O–H groups in total. The summed E-state index contributed by atoms with van der Waals surface area (Å²) in [6.45, 7) is 8.08. The molecule has 1 rings (SSSR count). The zero-order chi connectivity index (χ0) is 10.4. The Bertz CT molecular complexity index is 347. The third-order valence-corrected chi connectivity index (χ3v) is 1.78. The maximum atomic E-state index is 5.43. The Morgan fingerprint density at radius 1 is 1.64 bits per heavy atom. The fourth-order valence-electron chi connectivity index (χ4n) is 1.07. The number of aromatic nitrogens is 2. The van der Waals surface area contributed by atoms with Gasteiger partial charge in [-0.05, 0) is 6.54 Å². The van der Waals surface area contributed by atoms with Crippen LogP contribution in [0, 0.1) is 0 Å². The predicted molar refractivity (Wildman–Crippen MR) is 59.7 cm³/mol. The van der Waals surface area contributed by atoms with Crippen LogP contribution >= 0.6 is 0 Å². The normalized spacial score (nSPS) is 10.6. The fourth-order valence-corrected chi connectivity index (χ4v) is 1.07. The zero-order valence-electron chi connectivity index (χ0n) is 8.16. The van der Waals surface area contributed by atoms with Gasteiger partial charge in [0, 0.05) is 23.9 Å². The molecule has 0 aliphatic rings. The highest BCUT2D eigenvalue weighted by molar-refractivity contribution is 5.67. The van der Waals surface area contributed by atoms with Gasteiger partial charge in [-0.15, -0.1) is 0 Å². The summed E-state index contributed by atoms with van der Waals surface area (Å²) in [6.07, 6.45) is 7.99. The number of aromatic amines is 1. The largest absolute Gasteiger partial charge is 0.342 e. The van der Waals surface area contributed by atoms with Gasteiger partial charge in [0.05, 0.1) is 0 Å². The van der Waals surface area contributed by atoms with Crippen molar-refractivity contribution in [2.24, 2.45) is 5.73 Å². The Labute approximate surface area is 84.1 Å². The summed E-state index contributed by atoms with van der Waals surface area (Å²) in [4.78, 5) is 7.34. The van der Waals surface area contributed by atoms with Crippen molar-refractivity contribution in [3.05, 3.63) is 49.1 Å². The minimum absolute atomic E-state index is 0.622. The van der Waals surface area contributed by atoms with Gasteiger partial charge in [0.2, 0.25) is 0 Å². The van der Waals surface area contributed by atoms with Crippen molar-refractivity contribution in [1.29, 1.82) is 0 Å². The van der Waals surface area contributed by atoms with Crippen molar-refractivity contribution < 1.29 is 0 Å². The summed E-state index contributed by atoms with van der Waals surface area (Å²) in [6, 6.07) is 0. The van der Waals surface area contributed by atoms with Crippen LogP contribution in [0.25, 0.3) is 5.57 Å². The number of nitrogens with zero attached hydrogens (tertiary/aromatic N) is 1. The van der Waals surface area contributed by atoms with Gasteiger partial charge in [-0.1, -0.05) is 31.4 Å². The van der Waals surface area contributed by atoms with E-state index >= 15 is 0 Å². The molecule has 1 aromatic rings. The van der Waals surface area contributed by atoms with Crippen molar-refractivity contribution in [2.45, 2.75) is 6.42 Å². The van der Waals surface area contributed by atoms with Crippen molar-refractivity contribution in [3.8, 4) is 0 Å². The molecular weight excluding hydrogens is 174 g/mol. The Morgan fingerprint density at radius 2 is 2.43 bits per heavy atom. The summed E-state index contributed by atoms with van der Waals surface area (Å²) in [5.74, 6) is 0.784. The van der Waals surface area contributed by atoms with Gasteiger partial charge in [-0.3, -0.25) is 0 Å². The van der Waals surface area contributed by atoms with E-state index in [0.717, 1.165) is 23.5 Å². The first-order chi connectivity index (χ1) is 6.77. The number of hydrogen-bond acceptors (Lipinski definition) is 2. The molecule has 0 saturated heterocycles. The molecule has 0 fully saturated rings. The second kappa shape index (κ2) is 5.19. The number of hydrogen-bond donors (Lipinski definition) is 2. The average molecular weight is 189 g/mol. The maximum Gasteiger partial charge on any atom is 0.136 e. The van der Waals surface area contributed by atoms with Crippen LogP contribution in [0.5, 0.6) is 0 Å². The lowest BCUT2D eigenvalue weighted by Gasteiger charge is -1.93. The molecule has 0 radical (unpaired) electrons. The lowest BCUT2D eigenvalue weighted by Crippen LogP contribution is -2.02. The minimum atomic E-state index is 0.622. The van der Waals surface area contributed by atoms with Crippen LogP contribution in [-0.4, -0.2) is 16.5 Å². The van der Waals surface area contributed by atoms with Crippen LogP contribution in [-0.2, 0) is 6.42 Å². The molecule has 0 atom stereocenters. The second-order valence-electron chi connectivity index (χ2n) is 2.92. The Hall–Kier alpha value is -1.61. The average Bonchev–Trinajstić information content (AvgIpc) is 2.63. The molecule has 3 heteroatoms. The first kappa shape index (κ1) is 10.5. The van der Waals surface area contributed by atoms with Crippen LogP contribution in [0.1, 0.15) is 11.5 Å². The minimum Gasteiger partial charge on any atom is -0.342 e. The summed E-state index contributed by atoms with van der Waals surface area (Å²) < 4.78 is 0. The highest BCUT2D eigenvalue weighted by atomic mass is 14.9. The van der Waals surface area contributed by atoms with E-state index in [-0.39, 0.29) is 0 Å². The maximum absolute atomic E-state index is 5.43. The lowest BCUT2D eigenvalue weighted by atomic mass is 10.2. The van der Waals surface area contributed by atoms with Crippen LogP contribution in [0.3, 0.4) is 0 Å². The first-order valence-electron chi connectivity index (χ1n) is 4.50. The Kier molecular flexibility index (Phi) is 3.88. The van der Waals surface area contributed by atoms with E-state index < -0.39 is 0 Å². The monoisotopic (exact) mass is 189 g/mol. The molecule has 14 heavy (non-hydrogen) atoms. The molecule has 0 unspecified atom stereocenters. The van der Waals surface area contributed by atoms with E-state index in [1.54, 1.807) is 12.3 Å². The summed E-state index contributed by atoms with van der Waals surface area (Å²) in [5.41, 5.74) is 7.31. The first-order valence-corrected chi connectivity index (χ1v) is 4.50. The molecule has 0 aliphatic heterocycles. The van der Waals surface area contributed by atoms with Gasteiger partial charge in [-0.25, -0.2) is 4.98 Å². The lowest BCUT2D eigenvalue weighted by molar-refractivity contribution is 0.933. The van der Waals surface area contributed by atoms with Crippen LogP contribution < -0.4 is 5.73 Å². The van der Waals surface area contributed by atoms with Crippen molar-refractivity contribution in [3.63, 3.8) is 0 Å². The van der Waals surface area contributed by atoms with Crippen molar-refractivity contribution in [2.75, 3.05) is 6.54 Å². The van der Waals surface area contributed by atoms with Gasteiger partial charge >= 0.3 is 0 Å². The fraction of sp³-hybridized carbons (Fsp3) is 0.182. The third kappa shape index (κ3) is 2.71. The third-order valence-electron chi connectivity index (χ3n) is 1.78. The molecule has 0 aliphatic carbocycles. The summed E-state index contributed by atoms with van der Waals surface area (Å²) >= 11 is 0. The van der Waals surface area contributed by atoms with Crippen molar-refractivity contribution >= 4 is 5.57 Å². The van der Waals surface area contributed by atoms with Crippen LogP contribution in [0.15, 0.2) is 37.6 Å². The Balaban J connectivity index is 2.71. The topological polar surface area (TPSA) is 54.7 Å². The van der Waals surface area contributed by atoms with E-state index in [9.17, 15) is 0 Å². The SMILES string of the molecule is C=C/C=C\C(=C)c1ncc(CCN)[nH]1. The van der Waals surface area contributed by atoms with E-state index in [2.05, 4.69) is 23.1 Å². The van der Waals surface area contributed by atoms with Crippen LogP contribution in [0.2, 0.25) is 0 Å². The zero-order valence-corrected chi connectivity index (χ0v) is 8.16. The molecule has 0 spiro atoms. The highest BCUT2D eigenvalue weighted by Gasteiger charge is 2.00. The number of nitrogens with one attached hydrogen (secondary N) is 1. The predicted octanol–water partition coefficient (Wildman–Crippen LogP) is 1.67. The number of nitrogens with two attached hydrogens (primary N) is 1. The molecule has 74 valence electrons. The molecule has 0 bridgehead atoms. The molecule has 3 nitrogen and oxygen atoms in total. The summed E-state index contributed by atoms with van der Waals surface area (Å²) in [5, 5.41) is 0. The quantitative estimate of drug-likeness (QED) is 0.692. The molecule has 0 saturated carbocycles.